The van der Waals surface area contributed by atoms with Crippen molar-refractivity contribution in [2.75, 3.05) is 12.3 Å². The first-order valence-corrected chi connectivity index (χ1v) is 7.45. The van der Waals surface area contributed by atoms with Gasteiger partial charge in [-0.1, -0.05) is 19.9 Å². The van der Waals surface area contributed by atoms with Crippen LogP contribution in [-0.2, 0) is 6.54 Å². The van der Waals surface area contributed by atoms with Crippen LogP contribution in [0.1, 0.15) is 33.6 Å². The number of hydrogen-bond acceptors (Lipinski definition) is 3. The summed E-state index contributed by atoms with van der Waals surface area (Å²) in [7, 11) is 0. The molecule has 1 saturated carbocycles. The molecule has 1 aliphatic carbocycles. The van der Waals surface area contributed by atoms with Gasteiger partial charge in [0.1, 0.15) is 11.3 Å². The van der Waals surface area contributed by atoms with Gasteiger partial charge in [-0.05, 0) is 43.2 Å². The van der Waals surface area contributed by atoms with Crippen molar-refractivity contribution >= 4 is 17.0 Å². The topological polar surface area (TPSA) is 53.1 Å². The van der Waals surface area contributed by atoms with Gasteiger partial charge in [-0.2, -0.15) is 0 Å². The molecule has 0 amide bonds. The lowest BCUT2D eigenvalue weighted by atomic mass is 9.92. The molecule has 0 bridgehead atoms. The van der Waals surface area contributed by atoms with Gasteiger partial charge in [0.15, 0.2) is 0 Å². The molecule has 2 N–H and O–H groups in total. The summed E-state index contributed by atoms with van der Waals surface area (Å²) in [4.78, 5) is 4.52. The molecule has 108 valence electrons. The Balaban J connectivity index is 2.03. The fourth-order valence-corrected chi connectivity index (χ4v) is 2.97. The minimum Gasteiger partial charge on any atom is -0.492 e. The Hall–Kier alpha value is -1.71. The third-order valence-electron chi connectivity index (χ3n) is 4.66. The molecular formula is C16H23N3O. The lowest BCUT2D eigenvalue weighted by Gasteiger charge is -2.21. The molecule has 1 aromatic heterocycles. The van der Waals surface area contributed by atoms with Gasteiger partial charge < -0.3 is 15.0 Å². The van der Waals surface area contributed by atoms with Crippen molar-refractivity contribution < 1.29 is 4.74 Å². The normalized spacial score (nSPS) is 16.8. The summed E-state index contributed by atoms with van der Waals surface area (Å²) in [5.41, 5.74) is 8.52. The number of nitrogens with zero attached hydrogens (tertiary/aromatic N) is 2. The molecule has 1 aliphatic rings. The van der Waals surface area contributed by atoms with E-state index in [1.54, 1.807) is 0 Å². The number of para-hydroxylation sites is 1. The van der Waals surface area contributed by atoms with Crippen LogP contribution in [0.2, 0.25) is 0 Å². The molecular weight excluding hydrogens is 250 g/mol. The van der Waals surface area contributed by atoms with Crippen molar-refractivity contribution in [2.24, 2.45) is 11.3 Å². The fraction of sp³-hybridized carbons (Fsp3) is 0.562. The number of imidazole rings is 1. The predicted molar refractivity (Wildman–Crippen MR) is 81.8 cm³/mol. The maximum atomic E-state index is 6.15. The number of nitrogen functional groups attached to an aromatic ring is 1. The molecule has 1 aromatic carbocycles. The summed E-state index contributed by atoms with van der Waals surface area (Å²) in [6.45, 7) is 8.18. The average molecular weight is 273 g/mol. The number of fused-ring (bicyclic) bond motifs is 1. The van der Waals surface area contributed by atoms with E-state index in [-0.39, 0.29) is 0 Å². The molecule has 3 rings (SSSR count). The maximum absolute atomic E-state index is 6.15. The van der Waals surface area contributed by atoms with Gasteiger partial charge in [0.2, 0.25) is 5.95 Å². The first-order chi connectivity index (χ1) is 9.57. The minimum absolute atomic E-state index is 0.406. The smallest absolute Gasteiger partial charge is 0.201 e. The Morgan fingerprint density at radius 3 is 2.75 bits per heavy atom. The molecule has 4 heteroatoms. The molecule has 20 heavy (non-hydrogen) atoms. The predicted octanol–water partition coefficient (Wildman–Crippen LogP) is 3.45. The van der Waals surface area contributed by atoms with Crippen LogP contribution >= 0.6 is 0 Å². The molecule has 0 saturated heterocycles. The van der Waals surface area contributed by atoms with Gasteiger partial charge in [0, 0.05) is 6.54 Å². The highest BCUT2D eigenvalue weighted by atomic mass is 16.5. The van der Waals surface area contributed by atoms with Crippen LogP contribution in [0.5, 0.6) is 5.75 Å². The molecule has 0 aliphatic heterocycles. The van der Waals surface area contributed by atoms with E-state index < -0.39 is 0 Å². The van der Waals surface area contributed by atoms with Crippen molar-refractivity contribution in [3.8, 4) is 5.75 Å². The molecule has 2 aromatic rings. The minimum atomic E-state index is 0.406. The number of nitrogens with two attached hydrogens (primary N) is 1. The Morgan fingerprint density at radius 2 is 2.15 bits per heavy atom. The van der Waals surface area contributed by atoms with E-state index in [1.807, 2.05) is 19.1 Å². The van der Waals surface area contributed by atoms with E-state index in [0.717, 1.165) is 23.3 Å². The highest BCUT2D eigenvalue weighted by Crippen LogP contribution is 2.53. The van der Waals surface area contributed by atoms with Crippen molar-refractivity contribution in [1.82, 2.24) is 9.55 Å². The lowest BCUT2D eigenvalue weighted by Crippen LogP contribution is -2.18. The fourth-order valence-electron chi connectivity index (χ4n) is 2.97. The van der Waals surface area contributed by atoms with E-state index in [2.05, 4.69) is 29.5 Å². The van der Waals surface area contributed by atoms with Gasteiger partial charge in [-0.3, -0.25) is 0 Å². The molecule has 4 nitrogen and oxygen atoms in total. The summed E-state index contributed by atoms with van der Waals surface area (Å²) in [5.74, 6) is 2.10. The van der Waals surface area contributed by atoms with E-state index in [9.17, 15) is 0 Å². The van der Waals surface area contributed by atoms with Crippen LogP contribution in [-0.4, -0.2) is 16.2 Å². The Kier molecular flexibility index (Phi) is 3.11. The quantitative estimate of drug-likeness (QED) is 0.907. The second kappa shape index (κ2) is 4.69. The highest BCUT2D eigenvalue weighted by Gasteiger charge is 2.46. The van der Waals surface area contributed by atoms with Gasteiger partial charge in [-0.15, -0.1) is 0 Å². The second-order valence-electron chi connectivity index (χ2n) is 6.13. The van der Waals surface area contributed by atoms with Gasteiger partial charge in [0.05, 0.1) is 12.1 Å². The van der Waals surface area contributed by atoms with Crippen molar-refractivity contribution in [3.63, 3.8) is 0 Å². The largest absolute Gasteiger partial charge is 0.492 e. The summed E-state index contributed by atoms with van der Waals surface area (Å²) in [6, 6.07) is 6.05. The third kappa shape index (κ3) is 2.03. The highest BCUT2D eigenvalue weighted by molar-refractivity contribution is 5.84. The molecule has 0 spiro atoms. The lowest BCUT2D eigenvalue weighted by molar-refractivity contribution is 0.314. The average Bonchev–Trinajstić information content (AvgIpc) is 3.13. The van der Waals surface area contributed by atoms with E-state index in [4.69, 9.17) is 10.5 Å². The maximum Gasteiger partial charge on any atom is 0.201 e. The van der Waals surface area contributed by atoms with Crippen LogP contribution in [0.4, 0.5) is 5.95 Å². The molecule has 1 heterocycles. The number of hydrogen-bond donors (Lipinski definition) is 1. The molecule has 0 atom stereocenters. The van der Waals surface area contributed by atoms with Gasteiger partial charge in [-0.25, -0.2) is 4.98 Å². The summed E-state index contributed by atoms with van der Waals surface area (Å²) in [5, 5.41) is 0. The zero-order valence-corrected chi connectivity index (χ0v) is 12.5. The van der Waals surface area contributed by atoms with Crippen LogP contribution in [0.3, 0.4) is 0 Å². The molecule has 0 unspecified atom stereocenters. The van der Waals surface area contributed by atoms with Crippen molar-refractivity contribution in [3.05, 3.63) is 18.2 Å². The summed E-state index contributed by atoms with van der Waals surface area (Å²) < 4.78 is 7.81. The van der Waals surface area contributed by atoms with Crippen LogP contribution in [0, 0.1) is 11.3 Å². The molecule has 0 radical (unpaired) electrons. The number of benzene rings is 1. The van der Waals surface area contributed by atoms with E-state index >= 15 is 0 Å². The second-order valence-corrected chi connectivity index (χ2v) is 6.13. The van der Waals surface area contributed by atoms with Gasteiger partial charge in [0.25, 0.3) is 0 Å². The number of ether oxygens (including phenoxy) is 1. The van der Waals surface area contributed by atoms with E-state index in [0.29, 0.717) is 23.9 Å². The first kappa shape index (κ1) is 13.3. The number of aromatic nitrogens is 2. The Morgan fingerprint density at radius 1 is 1.40 bits per heavy atom. The standard InChI is InChI=1S/C16H23N3O/c1-4-20-13-7-5-6-12-14(13)18-15(17)19(12)10-16(8-9-16)11(2)3/h5-7,11H,4,8-10H2,1-3H3,(H2,17,18). The van der Waals surface area contributed by atoms with Crippen molar-refractivity contribution in [1.29, 1.82) is 0 Å². The molecule has 1 fully saturated rings. The zero-order chi connectivity index (χ0) is 14.3. The number of anilines is 1. The Labute approximate surface area is 119 Å². The summed E-state index contributed by atoms with van der Waals surface area (Å²) >= 11 is 0. The first-order valence-electron chi connectivity index (χ1n) is 7.45. The number of rotatable bonds is 5. The Bertz CT molecular complexity index is 626. The van der Waals surface area contributed by atoms with Crippen LogP contribution < -0.4 is 10.5 Å². The van der Waals surface area contributed by atoms with E-state index in [1.165, 1.54) is 12.8 Å². The third-order valence-corrected chi connectivity index (χ3v) is 4.66. The monoisotopic (exact) mass is 273 g/mol. The zero-order valence-electron chi connectivity index (χ0n) is 12.5. The summed E-state index contributed by atoms with van der Waals surface area (Å²) in [6.07, 6.45) is 2.57. The SMILES string of the molecule is CCOc1cccc2c1nc(N)n2CC1(C(C)C)CC1. The van der Waals surface area contributed by atoms with Crippen molar-refractivity contribution in [2.45, 2.75) is 40.2 Å². The van der Waals surface area contributed by atoms with Crippen LogP contribution in [0.15, 0.2) is 18.2 Å². The van der Waals surface area contributed by atoms with Gasteiger partial charge >= 0.3 is 0 Å². The van der Waals surface area contributed by atoms with Crippen LogP contribution in [0.25, 0.3) is 11.0 Å².